The molecule has 0 radical (unpaired) electrons. The van der Waals surface area contributed by atoms with Crippen LogP contribution in [-0.4, -0.2) is 6.61 Å². The van der Waals surface area contributed by atoms with Gasteiger partial charge in [-0.05, 0) is 42.3 Å². The molecule has 1 aliphatic rings. The second-order valence-corrected chi connectivity index (χ2v) is 4.06. The van der Waals surface area contributed by atoms with Gasteiger partial charge in [0.15, 0.2) is 0 Å². The summed E-state index contributed by atoms with van der Waals surface area (Å²) >= 11 is 0. The van der Waals surface area contributed by atoms with Crippen molar-refractivity contribution in [2.24, 2.45) is 0 Å². The normalized spacial score (nSPS) is 19.7. The molecule has 1 N–H and O–H groups in total. The van der Waals surface area contributed by atoms with Crippen molar-refractivity contribution in [2.75, 3.05) is 6.61 Å². The lowest BCUT2D eigenvalue weighted by Crippen LogP contribution is -2.11. The van der Waals surface area contributed by atoms with E-state index in [0.29, 0.717) is 12.4 Å². The number of nitrogens with one attached hydrogen (secondary N) is 1. The molecule has 88 valence electrons. The van der Waals surface area contributed by atoms with Gasteiger partial charge in [-0.1, -0.05) is 0 Å². The maximum Gasteiger partial charge on any atom is 0.133 e. The van der Waals surface area contributed by atoms with Gasteiger partial charge in [0.05, 0.1) is 18.9 Å². The highest BCUT2D eigenvalue weighted by Crippen LogP contribution is 2.28. The zero-order valence-corrected chi connectivity index (χ0v) is 9.15. The molecule has 2 aromatic rings. The minimum atomic E-state index is -0.261. The summed E-state index contributed by atoms with van der Waals surface area (Å²) in [4.78, 5) is 5.09. The molecule has 1 saturated heterocycles. The summed E-state index contributed by atoms with van der Waals surface area (Å²) in [6, 6.07) is 8.58. The molecule has 1 aromatic heterocycles. The molecule has 17 heavy (non-hydrogen) atoms. The number of furan rings is 1. The highest BCUT2D eigenvalue weighted by Gasteiger charge is 2.19. The highest BCUT2D eigenvalue weighted by molar-refractivity contribution is 5.58. The van der Waals surface area contributed by atoms with Crippen LogP contribution < -0.4 is 5.48 Å². The Balaban J connectivity index is 2.00. The third-order valence-corrected chi connectivity index (χ3v) is 2.86. The lowest BCUT2D eigenvalue weighted by molar-refractivity contribution is 0.0882. The molecule has 1 aromatic carbocycles. The number of hydrogen-bond acceptors (Lipinski definition) is 3. The van der Waals surface area contributed by atoms with E-state index in [0.717, 1.165) is 17.5 Å². The van der Waals surface area contributed by atoms with E-state index in [9.17, 15) is 4.39 Å². The quantitative estimate of drug-likeness (QED) is 0.865. The van der Waals surface area contributed by atoms with Crippen LogP contribution in [0.15, 0.2) is 41.0 Å². The third kappa shape index (κ3) is 2.09. The first kappa shape index (κ1) is 10.5. The van der Waals surface area contributed by atoms with Crippen LogP contribution in [0.3, 0.4) is 0 Å². The number of halogens is 1. The van der Waals surface area contributed by atoms with E-state index in [-0.39, 0.29) is 11.9 Å². The van der Waals surface area contributed by atoms with E-state index in [1.54, 1.807) is 12.3 Å². The molecule has 0 amide bonds. The first-order valence-electron chi connectivity index (χ1n) is 5.54. The van der Waals surface area contributed by atoms with Crippen LogP contribution in [0.5, 0.6) is 0 Å². The Morgan fingerprint density at radius 3 is 2.94 bits per heavy atom. The minimum absolute atomic E-state index is 0.0550. The smallest absolute Gasteiger partial charge is 0.133 e. The maximum absolute atomic E-state index is 13.6. The van der Waals surface area contributed by atoms with E-state index >= 15 is 0 Å². The number of benzene rings is 1. The molecule has 0 saturated carbocycles. The van der Waals surface area contributed by atoms with Gasteiger partial charge in [0.2, 0.25) is 0 Å². The van der Waals surface area contributed by atoms with Crippen molar-refractivity contribution >= 4 is 0 Å². The van der Waals surface area contributed by atoms with Gasteiger partial charge in [-0.25, -0.2) is 4.39 Å². The molecule has 0 aliphatic carbocycles. The lowest BCUT2D eigenvalue weighted by atomic mass is 10.0. The van der Waals surface area contributed by atoms with Gasteiger partial charge in [0, 0.05) is 5.56 Å². The Kier molecular flexibility index (Phi) is 2.66. The van der Waals surface area contributed by atoms with Crippen LogP contribution in [0.1, 0.15) is 18.0 Å². The first-order valence-corrected chi connectivity index (χ1v) is 5.54. The van der Waals surface area contributed by atoms with E-state index in [1.807, 2.05) is 12.1 Å². The van der Waals surface area contributed by atoms with Gasteiger partial charge in [0.1, 0.15) is 11.6 Å². The summed E-state index contributed by atoms with van der Waals surface area (Å²) in [6.45, 7) is 0.650. The van der Waals surface area contributed by atoms with Crippen molar-refractivity contribution in [3.05, 3.63) is 48.0 Å². The van der Waals surface area contributed by atoms with Crippen molar-refractivity contribution in [3.63, 3.8) is 0 Å². The molecular formula is C13H12FNO2. The fourth-order valence-corrected chi connectivity index (χ4v) is 2.03. The second kappa shape index (κ2) is 4.31. The Morgan fingerprint density at radius 2 is 2.24 bits per heavy atom. The molecular weight excluding hydrogens is 221 g/mol. The van der Waals surface area contributed by atoms with Crippen molar-refractivity contribution < 1.29 is 13.6 Å². The summed E-state index contributed by atoms with van der Waals surface area (Å²) in [7, 11) is 0. The van der Waals surface area contributed by atoms with E-state index in [4.69, 9.17) is 9.25 Å². The molecule has 4 heteroatoms. The van der Waals surface area contributed by atoms with E-state index in [1.165, 1.54) is 12.1 Å². The van der Waals surface area contributed by atoms with Gasteiger partial charge in [-0.3, -0.25) is 0 Å². The van der Waals surface area contributed by atoms with Gasteiger partial charge >= 0.3 is 0 Å². The molecule has 1 aliphatic heterocycles. The standard InChI is InChI=1S/C13H12FNO2/c14-11-7-9(12-3-5-17-15-12)6-10(8-11)13-2-1-4-16-13/h1-2,4,6-8,12,15H,3,5H2/t12-/m1/s1. The van der Waals surface area contributed by atoms with Gasteiger partial charge < -0.3 is 9.25 Å². The van der Waals surface area contributed by atoms with Crippen molar-refractivity contribution in [3.8, 4) is 11.3 Å². The summed E-state index contributed by atoms with van der Waals surface area (Å²) < 4.78 is 18.8. The Labute approximate surface area is 98.2 Å². The minimum Gasteiger partial charge on any atom is -0.464 e. The molecule has 0 bridgehead atoms. The third-order valence-electron chi connectivity index (χ3n) is 2.86. The van der Waals surface area contributed by atoms with Crippen LogP contribution in [0, 0.1) is 5.82 Å². The topological polar surface area (TPSA) is 34.4 Å². The van der Waals surface area contributed by atoms with Gasteiger partial charge in [-0.15, -0.1) is 0 Å². The zero-order chi connectivity index (χ0) is 11.7. The Bertz CT molecular complexity index is 504. The molecule has 0 spiro atoms. The average molecular weight is 233 g/mol. The van der Waals surface area contributed by atoms with Crippen LogP contribution in [0.25, 0.3) is 11.3 Å². The molecule has 3 nitrogen and oxygen atoms in total. The maximum atomic E-state index is 13.6. The summed E-state index contributed by atoms with van der Waals surface area (Å²) in [5.74, 6) is 0.410. The summed E-state index contributed by atoms with van der Waals surface area (Å²) in [5, 5.41) is 0. The Morgan fingerprint density at radius 1 is 1.29 bits per heavy atom. The van der Waals surface area contributed by atoms with Crippen LogP contribution in [-0.2, 0) is 4.84 Å². The van der Waals surface area contributed by atoms with Gasteiger partial charge in [-0.2, -0.15) is 5.48 Å². The van der Waals surface area contributed by atoms with Crippen molar-refractivity contribution in [2.45, 2.75) is 12.5 Å². The fraction of sp³-hybridized carbons (Fsp3) is 0.231. The number of rotatable bonds is 2. The average Bonchev–Trinajstić information content (AvgIpc) is 3.02. The number of hydrogen-bond donors (Lipinski definition) is 1. The van der Waals surface area contributed by atoms with Crippen molar-refractivity contribution in [1.29, 1.82) is 0 Å². The molecule has 3 rings (SSSR count). The lowest BCUT2D eigenvalue weighted by Gasteiger charge is -2.10. The van der Waals surface area contributed by atoms with E-state index in [2.05, 4.69) is 5.48 Å². The van der Waals surface area contributed by atoms with Crippen LogP contribution in [0.2, 0.25) is 0 Å². The van der Waals surface area contributed by atoms with Crippen molar-refractivity contribution in [1.82, 2.24) is 5.48 Å². The highest BCUT2D eigenvalue weighted by atomic mass is 19.1. The van der Waals surface area contributed by atoms with E-state index < -0.39 is 0 Å². The first-order chi connectivity index (χ1) is 8.33. The molecule has 0 unspecified atom stereocenters. The summed E-state index contributed by atoms with van der Waals surface area (Å²) in [6.07, 6.45) is 2.43. The second-order valence-electron chi connectivity index (χ2n) is 4.06. The number of hydroxylamine groups is 1. The SMILES string of the molecule is Fc1cc(-c2ccco2)cc([C@H]2CCON2)c1. The summed E-state index contributed by atoms with van der Waals surface area (Å²) in [5.41, 5.74) is 4.51. The molecule has 1 atom stereocenters. The predicted molar refractivity (Wildman–Crippen MR) is 60.5 cm³/mol. The van der Waals surface area contributed by atoms with Gasteiger partial charge in [0.25, 0.3) is 0 Å². The predicted octanol–water partition coefficient (Wildman–Crippen LogP) is 3.05. The molecule has 2 heterocycles. The molecule has 1 fully saturated rings. The van der Waals surface area contributed by atoms with Crippen LogP contribution >= 0.6 is 0 Å². The fourth-order valence-electron chi connectivity index (χ4n) is 2.03. The monoisotopic (exact) mass is 233 g/mol. The van der Waals surface area contributed by atoms with Crippen LogP contribution in [0.4, 0.5) is 4.39 Å². The zero-order valence-electron chi connectivity index (χ0n) is 9.15. The Hall–Kier alpha value is -1.65. The largest absolute Gasteiger partial charge is 0.464 e.